The summed E-state index contributed by atoms with van der Waals surface area (Å²) in [6.45, 7) is 1.28. The number of carbonyl (C=O) groups is 2. The van der Waals surface area contributed by atoms with Crippen LogP contribution in [0, 0.1) is 0 Å². The smallest absolute Gasteiger partial charge is 0.416 e. The fourth-order valence-electron chi connectivity index (χ4n) is 3.47. The summed E-state index contributed by atoms with van der Waals surface area (Å²) in [6.07, 6.45) is 1.92. The number of carbonyl (C=O) groups excluding carboxylic acids is 2. The lowest BCUT2D eigenvalue weighted by atomic mass is 10.3. The van der Waals surface area contributed by atoms with Crippen molar-refractivity contribution < 1.29 is 23.8 Å². The van der Waals surface area contributed by atoms with Gasteiger partial charge in [-0.15, -0.1) is 0 Å². The maximum Gasteiger partial charge on any atom is 0.416 e. The van der Waals surface area contributed by atoms with Crippen LogP contribution >= 0.6 is 0 Å². The number of anilines is 2. The minimum Gasteiger partial charge on any atom is -0.475 e. The van der Waals surface area contributed by atoms with Gasteiger partial charge in [-0.25, -0.2) is 19.7 Å². The Morgan fingerprint density at radius 3 is 2.97 bits per heavy atom. The lowest BCUT2D eigenvalue weighted by Gasteiger charge is -2.18. The van der Waals surface area contributed by atoms with E-state index >= 15 is 0 Å². The monoisotopic (exact) mass is 468 g/mol. The van der Waals surface area contributed by atoms with Crippen LogP contribution in [-0.2, 0) is 16.6 Å². The predicted molar refractivity (Wildman–Crippen MR) is 117 cm³/mol. The molecule has 2 amide bonds. The zero-order valence-electron chi connectivity index (χ0n) is 18.1. The first-order valence-corrected chi connectivity index (χ1v) is 10.4. The van der Waals surface area contributed by atoms with E-state index < -0.39 is 12.2 Å². The molecule has 5 rings (SSSR count). The fraction of sp³-hybridized carbons (Fsp3) is 0.350. The molecule has 0 saturated carbocycles. The lowest BCUT2D eigenvalue weighted by Crippen LogP contribution is -2.33. The molecule has 0 aromatic carbocycles. The summed E-state index contributed by atoms with van der Waals surface area (Å²) in [4.78, 5) is 53.8. The molecule has 1 saturated heterocycles. The van der Waals surface area contributed by atoms with Crippen LogP contribution < -0.4 is 30.6 Å². The summed E-state index contributed by atoms with van der Waals surface area (Å²) >= 11 is 0. The third kappa shape index (κ3) is 4.30. The second-order valence-electron chi connectivity index (χ2n) is 7.54. The van der Waals surface area contributed by atoms with Crippen molar-refractivity contribution in [2.75, 3.05) is 43.1 Å². The Kier molecular flexibility index (Phi) is 5.63. The number of hydrogen-bond donors (Lipinski definition) is 2. The number of rotatable bonds is 7. The van der Waals surface area contributed by atoms with Crippen molar-refractivity contribution in [3.63, 3.8) is 0 Å². The average Bonchev–Trinajstić information content (AvgIpc) is 3.21. The quantitative estimate of drug-likeness (QED) is 0.428. The summed E-state index contributed by atoms with van der Waals surface area (Å²) < 4.78 is 17.6. The molecule has 1 fully saturated rings. The van der Waals surface area contributed by atoms with Gasteiger partial charge in [-0.2, -0.15) is 4.98 Å². The molecule has 0 aliphatic carbocycles. The zero-order chi connectivity index (χ0) is 23.7. The maximum absolute atomic E-state index is 12.3. The molecule has 2 aliphatic rings. The highest BCUT2D eigenvalue weighted by Crippen LogP contribution is 2.27. The molecule has 0 spiro atoms. The van der Waals surface area contributed by atoms with Gasteiger partial charge in [0.1, 0.15) is 18.2 Å². The highest BCUT2D eigenvalue weighted by molar-refractivity contribution is 5.94. The Bertz CT molecular complexity index is 1330. The van der Waals surface area contributed by atoms with Crippen LogP contribution in [0.1, 0.15) is 0 Å². The van der Waals surface area contributed by atoms with E-state index in [1.807, 2.05) is 0 Å². The molecule has 1 atom stereocenters. The largest absolute Gasteiger partial charge is 0.475 e. The number of fused-ring (bicyclic) bond motifs is 2. The summed E-state index contributed by atoms with van der Waals surface area (Å²) in [5, 5.41) is 5.72. The van der Waals surface area contributed by atoms with Gasteiger partial charge in [0.2, 0.25) is 5.88 Å². The van der Waals surface area contributed by atoms with Crippen molar-refractivity contribution in [2.45, 2.75) is 6.10 Å². The fourth-order valence-corrected chi connectivity index (χ4v) is 3.47. The van der Waals surface area contributed by atoms with Crippen molar-refractivity contribution in [2.24, 2.45) is 7.05 Å². The van der Waals surface area contributed by atoms with Crippen LogP contribution in [0.3, 0.4) is 0 Å². The lowest BCUT2D eigenvalue weighted by molar-refractivity contribution is -0.118. The maximum atomic E-state index is 12.3. The molecule has 0 unspecified atom stereocenters. The Labute approximate surface area is 191 Å². The average molecular weight is 468 g/mol. The van der Waals surface area contributed by atoms with Crippen LogP contribution in [0.5, 0.6) is 11.8 Å². The van der Waals surface area contributed by atoms with Gasteiger partial charge in [-0.1, -0.05) is 0 Å². The van der Waals surface area contributed by atoms with Gasteiger partial charge in [-0.05, 0) is 6.07 Å². The molecule has 0 bridgehead atoms. The van der Waals surface area contributed by atoms with Gasteiger partial charge in [0.25, 0.3) is 17.3 Å². The van der Waals surface area contributed by atoms with Crippen molar-refractivity contribution >= 4 is 34.8 Å². The molecule has 176 valence electrons. The molecule has 2 N–H and O–H groups in total. The number of aromatic nitrogens is 5. The number of nitrogens with zero attached hydrogens (tertiary/aromatic N) is 6. The van der Waals surface area contributed by atoms with E-state index in [0.29, 0.717) is 36.7 Å². The van der Waals surface area contributed by atoms with Crippen LogP contribution in [0.4, 0.5) is 16.4 Å². The normalized spacial score (nSPS) is 17.2. The molecule has 2 aliphatic heterocycles. The topological polar surface area (TPSA) is 163 Å². The Morgan fingerprint density at radius 1 is 1.21 bits per heavy atom. The van der Waals surface area contributed by atoms with Crippen molar-refractivity contribution in [1.29, 1.82) is 0 Å². The molecular formula is C20H20N8O6. The minimum atomic E-state index is -0.558. The first-order chi connectivity index (χ1) is 16.5. The van der Waals surface area contributed by atoms with E-state index in [2.05, 4.69) is 30.6 Å². The summed E-state index contributed by atoms with van der Waals surface area (Å²) in [5.41, 5.74) is 0.853. The highest BCUT2D eigenvalue weighted by atomic mass is 16.6. The SMILES string of the molecule is Cn1c(=O)ccc2ncc(OCCNC[C@H]3CN(c4cnc5c(n4)NC(=O)CO5)C(=O)O3)nc21. The van der Waals surface area contributed by atoms with Crippen LogP contribution in [0.15, 0.2) is 29.3 Å². The van der Waals surface area contributed by atoms with E-state index in [9.17, 15) is 14.4 Å². The van der Waals surface area contributed by atoms with E-state index in [4.69, 9.17) is 14.2 Å². The number of cyclic esters (lactones) is 1. The summed E-state index contributed by atoms with van der Waals surface area (Å²) in [7, 11) is 1.62. The first-order valence-electron chi connectivity index (χ1n) is 10.4. The van der Waals surface area contributed by atoms with Crippen LogP contribution in [0.25, 0.3) is 11.2 Å². The van der Waals surface area contributed by atoms with Crippen LogP contribution in [0.2, 0.25) is 0 Å². The molecule has 14 heteroatoms. The highest BCUT2D eigenvalue weighted by Gasteiger charge is 2.34. The summed E-state index contributed by atoms with van der Waals surface area (Å²) in [6, 6.07) is 3.05. The first kappa shape index (κ1) is 21.5. The van der Waals surface area contributed by atoms with E-state index in [-0.39, 0.29) is 42.1 Å². The van der Waals surface area contributed by atoms with Gasteiger partial charge in [0, 0.05) is 26.2 Å². The standard InChI is InChI=1S/C20H20N8O6/c1-27-16(30)3-2-12-18(27)26-15(8-22-12)32-5-4-21-6-11-9-28(20(31)34-11)13-7-23-19-17(24-13)25-14(29)10-33-19/h2-3,7-8,11,21H,4-6,9-10H2,1H3,(H,24,25,29)/t11-/m0/s1. The molecule has 34 heavy (non-hydrogen) atoms. The number of pyridine rings is 1. The number of nitrogens with one attached hydrogen (secondary N) is 2. The number of amides is 2. The van der Waals surface area contributed by atoms with Crippen molar-refractivity contribution in [3.05, 3.63) is 34.9 Å². The second-order valence-corrected chi connectivity index (χ2v) is 7.54. The van der Waals surface area contributed by atoms with Gasteiger partial charge in [0.15, 0.2) is 23.9 Å². The number of aryl methyl sites for hydroxylation is 1. The zero-order valence-corrected chi connectivity index (χ0v) is 18.1. The van der Waals surface area contributed by atoms with E-state index in [1.54, 1.807) is 13.1 Å². The Balaban J connectivity index is 1.11. The molecule has 5 heterocycles. The third-order valence-corrected chi connectivity index (χ3v) is 5.17. The summed E-state index contributed by atoms with van der Waals surface area (Å²) in [5.74, 6) is 0.580. The van der Waals surface area contributed by atoms with E-state index in [0.717, 1.165) is 0 Å². The van der Waals surface area contributed by atoms with Gasteiger partial charge >= 0.3 is 6.09 Å². The Morgan fingerprint density at radius 2 is 2.09 bits per heavy atom. The van der Waals surface area contributed by atoms with Gasteiger partial charge < -0.3 is 24.8 Å². The molecule has 14 nitrogen and oxygen atoms in total. The molecule has 3 aromatic heterocycles. The van der Waals surface area contributed by atoms with Gasteiger partial charge in [0.05, 0.1) is 18.9 Å². The predicted octanol–water partition coefficient (Wildman–Crippen LogP) is -0.557. The molecule has 0 radical (unpaired) electrons. The second kappa shape index (κ2) is 8.90. The van der Waals surface area contributed by atoms with E-state index in [1.165, 1.54) is 27.9 Å². The number of hydrogen-bond acceptors (Lipinski definition) is 11. The van der Waals surface area contributed by atoms with Crippen LogP contribution in [-0.4, -0.2) is 75.5 Å². The van der Waals surface area contributed by atoms with Crippen molar-refractivity contribution in [1.82, 2.24) is 29.8 Å². The minimum absolute atomic E-state index is 0.128. The molecule has 3 aromatic rings. The molecular weight excluding hydrogens is 448 g/mol. The Hall–Kier alpha value is -4.33. The number of ether oxygens (including phenoxy) is 3. The van der Waals surface area contributed by atoms with Crippen molar-refractivity contribution in [3.8, 4) is 11.8 Å². The third-order valence-electron chi connectivity index (χ3n) is 5.17. The van der Waals surface area contributed by atoms with Gasteiger partial charge in [-0.3, -0.25) is 19.1 Å².